The van der Waals surface area contributed by atoms with Crippen LogP contribution in [0, 0.1) is 5.82 Å². The van der Waals surface area contributed by atoms with Crippen LogP contribution in [0.1, 0.15) is 28.4 Å². The number of nitrogen functional groups attached to an aromatic ring is 1. The fraction of sp³-hybridized carbons (Fsp3) is 0.238. The smallest absolute Gasteiger partial charge is 0.340 e. The third-order valence-electron chi connectivity index (χ3n) is 5.85. The molecule has 0 spiro atoms. The molecule has 2 aliphatic rings. The fourth-order valence-corrected chi connectivity index (χ4v) is 4.21. The zero-order chi connectivity index (χ0) is 22.7. The Kier molecular flexibility index (Phi) is 4.38. The number of nitrogens with zero attached hydrogens (tertiary/aromatic N) is 2. The van der Waals surface area contributed by atoms with Crippen LogP contribution in [-0.4, -0.2) is 33.7 Å². The van der Waals surface area contributed by atoms with Crippen molar-refractivity contribution in [2.75, 3.05) is 12.8 Å². The topological polar surface area (TPSA) is 149 Å². The van der Waals surface area contributed by atoms with Crippen LogP contribution in [0.25, 0.3) is 22.3 Å². The van der Waals surface area contributed by atoms with Gasteiger partial charge in [0.1, 0.15) is 12.4 Å². The summed E-state index contributed by atoms with van der Waals surface area (Å²) in [7, 11) is 1.48. The van der Waals surface area contributed by atoms with Crippen molar-refractivity contribution in [2.24, 2.45) is 0 Å². The van der Waals surface area contributed by atoms with Crippen LogP contribution in [0.5, 0.6) is 0 Å². The van der Waals surface area contributed by atoms with E-state index < -0.39 is 29.5 Å². The molecule has 3 aromatic rings. The van der Waals surface area contributed by atoms with Gasteiger partial charge in [-0.15, -0.1) is 0 Å². The minimum absolute atomic E-state index is 0.0673. The molecule has 5 N–H and O–H groups in total. The highest BCUT2D eigenvalue weighted by molar-refractivity contribution is 5.91. The van der Waals surface area contributed by atoms with Gasteiger partial charge in [-0.25, -0.2) is 19.0 Å². The summed E-state index contributed by atoms with van der Waals surface area (Å²) >= 11 is 0. The number of aromatic nitrogens is 2. The van der Waals surface area contributed by atoms with Crippen LogP contribution < -0.4 is 21.9 Å². The number of pyridine rings is 2. The molecule has 1 aromatic carbocycles. The maximum absolute atomic E-state index is 14.2. The van der Waals surface area contributed by atoms with E-state index in [1.807, 2.05) is 0 Å². The van der Waals surface area contributed by atoms with E-state index >= 15 is 0 Å². The fourth-order valence-electron chi connectivity index (χ4n) is 4.21. The van der Waals surface area contributed by atoms with Crippen molar-refractivity contribution in [3.05, 3.63) is 56.6 Å². The first-order valence-corrected chi connectivity index (χ1v) is 9.78. The first-order chi connectivity index (χ1) is 15.3. The van der Waals surface area contributed by atoms with Crippen LogP contribution in [0.4, 0.5) is 14.9 Å². The van der Waals surface area contributed by atoms with Gasteiger partial charge in [0.15, 0.2) is 6.10 Å². The molecule has 1 unspecified atom stereocenters. The molecule has 5 rings (SSSR count). The average molecular weight is 439 g/mol. The van der Waals surface area contributed by atoms with Gasteiger partial charge in [0, 0.05) is 36.2 Å². The number of ether oxygens (including phenoxy) is 1. The van der Waals surface area contributed by atoms with Crippen molar-refractivity contribution in [3.63, 3.8) is 0 Å². The van der Waals surface area contributed by atoms with E-state index in [1.54, 1.807) is 0 Å². The zero-order valence-electron chi connectivity index (χ0n) is 16.9. The molecule has 2 aromatic heterocycles. The maximum Gasteiger partial charge on any atom is 0.340 e. The third kappa shape index (κ3) is 2.82. The van der Waals surface area contributed by atoms with Crippen LogP contribution in [0.15, 0.2) is 23.0 Å². The number of rotatable bonds is 2. The standard InChI is InChI=1S/C21H18FN5O5/c1-24-21(31)25-5-10-8-2-14(23)13(22)4-15(8)26-17-11(10)6-27-16(17)3-9-12(19(27)29)7-32-20(30)18(9)28/h2-4,18,28H,5-7,23H2,1H3,(H2,24,25,31). The summed E-state index contributed by atoms with van der Waals surface area (Å²) in [5.74, 6) is -1.48. The number of anilines is 1. The summed E-state index contributed by atoms with van der Waals surface area (Å²) < 4.78 is 20.6. The number of carbonyl (C=O) groups excluding carboxylic acids is 2. The summed E-state index contributed by atoms with van der Waals surface area (Å²) in [6, 6.07) is 3.77. The Morgan fingerprint density at radius 1 is 1.34 bits per heavy atom. The number of nitrogens with two attached hydrogens (primary N) is 1. The lowest BCUT2D eigenvalue weighted by atomic mass is 9.98. The van der Waals surface area contributed by atoms with E-state index in [0.29, 0.717) is 33.4 Å². The maximum atomic E-state index is 14.2. The Morgan fingerprint density at radius 3 is 2.88 bits per heavy atom. The van der Waals surface area contributed by atoms with Gasteiger partial charge < -0.3 is 30.8 Å². The number of benzene rings is 1. The van der Waals surface area contributed by atoms with Crippen molar-refractivity contribution in [1.82, 2.24) is 20.2 Å². The molecule has 4 heterocycles. The van der Waals surface area contributed by atoms with Gasteiger partial charge in [0.05, 0.1) is 34.7 Å². The number of aliphatic hydroxyl groups is 1. The van der Waals surface area contributed by atoms with Crippen molar-refractivity contribution in [3.8, 4) is 11.4 Å². The quantitative estimate of drug-likeness (QED) is 0.265. The summed E-state index contributed by atoms with van der Waals surface area (Å²) in [5.41, 5.74) is 8.02. The highest BCUT2D eigenvalue weighted by Gasteiger charge is 2.34. The molecule has 0 bridgehead atoms. The van der Waals surface area contributed by atoms with Gasteiger partial charge in [0.2, 0.25) is 0 Å². The van der Waals surface area contributed by atoms with Crippen LogP contribution in [-0.2, 0) is 29.2 Å². The Bertz CT molecular complexity index is 1400. The second-order valence-corrected chi connectivity index (χ2v) is 7.61. The van der Waals surface area contributed by atoms with Crippen molar-refractivity contribution in [2.45, 2.75) is 25.8 Å². The van der Waals surface area contributed by atoms with E-state index in [0.717, 1.165) is 0 Å². The van der Waals surface area contributed by atoms with E-state index in [4.69, 9.17) is 10.5 Å². The zero-order valence-corrected chi connectivity index (χ0v) is 16.9. The van der Waals surface area contributed by atoms with Crippen molar-refractivity contribution < 1.29 is 23.8 Å². The molecule has 0 fully saturated rings. The lowest BCUT2D eigenvalue weighted by molar-refractivity contribution is -0.157. The predicted molar refractivity (Wildman–Crippen MR) is 111 cm³/mol. The third-order valence-corrected chi connectivity index (χ3v) is 5.85. The monoisotopic (exact) mass is 439 g/mol. The molecule has 164 valence electrons. The molecule has 32 heavy (non-hydrogen) atoms. The summed E-state index contributed by atoms with van der Waals surface area (Å²) in [5, 5.41) is 16.0. The Labute approximate surface area is 179 Å². The molecule has 0 radical (unpaired) electrons. The minimum atomic E-state index is -1.58. The molecule has 11 heteroatoms. The first kappa shape index (κ1) is 19.9. The van der Waals surface area contributed by atoms with Gasteiger partial charge >= 0.3 is 12.0 Å². The molecule has 0 saturated carbocycles. The Morgan fingerprint density at radius 2 is 2.12 bits per heavy atom. The second kappa shape index (κ2) is 7.02. The Hall–Kier alpha value is -3.99. The molecule has 0 aliphatic carbocycles. The number of esters is 1. The summed E-state index contributed by atoms with van der Waals surface area (Å²) in [6.07, 6.45) is -1.58. The molecule has 0 saturated heterocycles. The number of hydrogen-bond donors (Lipinski definition) is 4. The normalized spacial score (nSPS) is 16.2. The number of urea groups is 1. The molecular formula is C21H18FN5O5. The SMILES string of the molecule is CNC(=O)NCc1c2c(nc3cc(F)c(N)cc13)-c1cc3c(c(=O)n1C2)COC(=O)C3O. The molecular weight excluding hydrogens is 421 g/mol. The number of amides is 2. The predicted octanol–water partition coefficient (Wildman–Crippen LogP) is 0.666. The molecule has 2 aliphatic heterocycles. The van der Waals surface area contributed by atoms with Gasteiger partial charge in [-0.3, -0.25) is 4.79 Å². The van der Waals surface area contributed by atoms with Crippen LogP contribution >= 0.6 is 0 Å². The number of hydrogen-bond acceptors (Lipinski definition) is 7. The van der Waals surface area contributed by atoms with E-state index in [2.05, 4.69) is 15.6 Å². The number of carbonyl (C=O) groups is 2. The number of aliphatic hydroxyl groups excluding tert-OH is 1. The van der Waals surface area contributed by atoms with Gasteiger partial charge in [0.25, 0.3) is 5.56 Å². The second-order valence-electron chi connectivity index (χ2n) is 7.61. The Balaban J connectivity index is 1.76. The molecule has 10 nitrogen and oxygen atoms in total. The number of halogens is 1. The highest BCUT2D eigenvalue weighted by Crippen LogP contribution is 2.38. The van der Waals surface area contributed by atoms with Gasteiger partial charge in [-0.2, -0.15) is 0 Å². The lowest BCUT2D eigenvalue weighted by Gasteiger charge is -2.21. The van der Waals surface area contributed by atoms with Crippen LogP contribution in [0.3, 0.4) is 0 Å². The van der Waals surface area contributed by atoms with Crippen molar-refractivity contribution in [1.29, 1.82) is 0 Å². The van der Waals surface area contributed by atoms with E-state index in [-0.39, 0.29) is 36.5 Å². The summed E-state index contributed by atoms with van der Waals surface area (Å²) in [4.78, 5) is 41.3. The minimum Gasteiger partial charge on any atom is -0.458 e. The lowest BCUT2D eigenvalue weighted by Crippen LogP contribution is -2.33. The van der Waals surface area contributed by atoms with Crippen LogP contribution in [0.2, 0.25) is 0 Å². The molecule has 1 atom stereocenters. The van der Waals surface area contributed by atoms with E-state index in [9.17, 15) is 23.9 Å². The molecule has 2 amide bonds. The number of nitrogens with one attached hydrogen (secondary N) is 2. The van der Waals surface area contributed by atoms with Gasteiger partial charge in [-0.05, 0) is 17.7 Å². The first-order valence-electron chi connectivity index (χ1n) is 9.78. The number of fused-ring (bicyclic) bond motifs is 5. The number of cyclic esters (lactones) is 1. The summed E-state index contributed by atoms with van der Waals surface area (Å²) in [6.45, 7) is -0.00646. The van der Waals surface area contributed by atoms with Gasteiger partial charge in [-0.1, -0.05) is 0 Å². The largest absolute Gasteiger partial charge is 0.458 e. The average Bonchev–Trinajstić information content (AvgIpc) is 3.14. The highest BCUT2D eigenvalue weighted by atomic mass is 19.1. The van der Waals surface area contributed by atoms with Crippen molar-refractivity contribution >= 4 is 28.6 Å². The van der Waals surface area contributed by atoms with E-state index in [1.165, 1.54) is 29.8 Å².